The highest BCUT2D eigenvalue weighted by atomic mass is 35.5. The van der Waals surface area contributed by atoms with E-state index in [9.17, 15) is 14.4 Å². The van der Waals surface area contributed by atoms with Crippen molar-refractivity contribution in [3.8, 4) is 11.1 Å². The second kappa shape index (κ2) is 16.3. The van der Waals surface area contributed by atoms with Crippen molar-refractivity contribution in [3.63, 3.8) is 0 Å². The van der Waals surface area contributed by atoms with Crippen LogP contribution in [0, 0.1) is 11.8 Å². The molecule has 2 saturated heterocycles. The lowest BCUT2D eigenvalue weighted by molar-refractivity contribution is -0.129. The summed E-state index contributed by atoms with van der Waals surface area (Å²) in [6, 6.07) is 12.3. The Balaban J connectivity index is 1.02. The Hall–Kier alpha value is -4.48. The number of hydrogen-bond acceptors (Lipinski definition) is 7. The molecule has 2 aromatic carbocycles. The number of fused-ring (bicyclic) bond motifs is 1. The molecule has 0 radical (unpaired) electrons. The van der Waals surface area contributed by atoms with Crippen LogP contribution in [0.2, 0.25) is 10.0 Å². The number of allylic oxidation sites excluding steroid dienone is 2. The first kappa shape index (κ1) is 36.9. The van der Waals surface area contributed by atoms with E-state index in [1.807, 2.05) is 42.5 Å². The molecule has 0 aromatic heterocycles. The Bertz CT molecular complexity index is 1950. The van der Waals surface area contributed by atoms with Crippen LogP contribution >= 0.6 is 23.2 Å². The summed E-state index contributed by atoms with van der Waals surface area (Å²) in [6.45, 7) is 6.82. The molecular weight excluding hydrogens is 709 g/mol. The fourth-order valence-electron chi connectivity index (χ4n) is 7.79. The summed E-state index contributed by atoms with van der Waals surface area (Å²) in [5.74, 6) is 0.545. The normalized spacial score (nSPS) is 25.4. The molecule has 53 heavy (non-hydrogen) atoms. The monoisotopic (exact) mass is 753 g/mol. The van der Waals surface area contributed by atoms with E-state index in [-0.39, 0.29) is 47.7 Å². The van der Waals surface area contributed by atoms with Gasteiger partial charge in [-0.1, -0.05) is 84.4 Å². The lowest BCUT2D eigenvalue weighted by Crippen LogP contribution is -2.46. The molecule has 4 aliphatic heterocycles. The molecule has 0 saturated carbocycles. The van der Waals surface area contributed by atoms with Crippen molar-refractivity contribution in [3.05, 3.63) is 106 Å². The van der Waals surface area contributed by atoms with Gasteiger partial charge >= 0.3 is 0 Å². The Labute approximate surface area is 320 Å². The van der Waals surface area contributed by atoms with E-state index in [2.05, 4.69) is 64.2 Å². The number of halogens is 2. The minimum atomic E-state index is -0.328. The van der Waals surface area contributed by atoms with Crippen molar-refractivity contribution in [1.82, 2.24) is 31.1 Å². The molecule has 7 rings (SSSR count). The van der Waals surface area contributed by atoms with E-state index in [4.69, 9.17) is 28.2 Å². The summed E-state index contributed by atoms with van der Waals surface area (Å²) in [6.07, 6.45) is 16.9. The van der Waals surface area contributed by atoms with Crippen LogP contribution in [-0.2, 0) is 14.4 Å². The van der Waals surface area contributed by atoms with Gasteiger partial charge in [-0.2, -0.15) is 0 Å². The number of nitrogens with one attached hydrogen (secondary N) is 4. The SMILES string of the molecule is C=CN1C(=O)C(CNC[C@@H]2CCC(=O)N2)CN=C1/C=C/c1cccc(-c2cccc(C3=CC4C(C=C3)C(CNC[C@@H]3CCC(=O)N3)=CN4C)c2Cl)c1Cl. The second-order valence-electron chi connectivity index (χ2n) is 14.3. The molecule has 276 valence electrons. The van der Waals surface area contributed by atoms with Gasteiger partial charge < -0.3 is 26.2 Å². The number of amidine groups is 1. The van der Waals surface area contributed by atoms with Crippen molar-refractivity contribution in [2.45, 2.75) is 43.8 Å². The predicted molar refractivity (Wildman–Crippen MR) is 212 cm³/mol. The number of benzene rings is 2. The highest BCUT2D eigenvalue weighted by Crippen LogP contribution is 2.42. The van der Waals surface area contributed by atoms with Crippen LogP contribution in [0.4, 0.5) is 0 Å². The zero-order valence-corrected chi connectivity index (χ0v) is 31.3. The quantitative estimate of drug-likeness (QED) is 0.224. The van der Waals surface area contributed by atoms with Gasteiger partial charge in [0.15, 0.2) is 0 Å². The smallest absolute Gasteiger partial charge is 0.238 e. The predicted octanol–water partition coefficient (Wildman–Crippen LogP) is 5.18. The summed E-state index contributed by atoms with van der Waals surface area (Å²) in [5.41, 5.74) is 5.69. The van der Waals surface area contributed by atoms with Crippen LogP contribution < -0.4 is 21.3 Å². The zero-order valence-electron chi connectivity index (χ0n) is 29.8. The minimum Gasteiger partial charge on any atom is -0.373 e. The Morgan fingerprint density at radius 1 is 0.906 bits per heavy atom. The first-order valence-electron chi connectivity index (χ1n) is 18.3. The standard InChI is InChI=1S/C41H45Cl2N7O3/c1-3-50-36(46-21-27(41(50)53)19-44-22-29-12-16-37(51)47-29)15-11-25-6-4-8-33(39(25)42)34-9-5-7-32(40(34)43)26-10-14-31-28(24-49(2)35(31)18-26)20-45-23-30-13-17-38(52)48-30/h3-11,14-15,18,24,27,29-31,35,44-45H,1,12-13,16-17,19-23H2,2H3,(H,47,51)(H,48,52)/b15-11+/t27?,29-,30-,31?,35?/m0/s1. The van der Waals surface area contributed by atoms with Crippen molar-refractivity contribution in [1.29, 1.82) is 0 Å². The third-order valence-corrected chi connectivity index (χ3v) is 11.5. The van der Waals surface area contributed by atoms with Gasteiger partial charge in [-0.05, 0) is 41.7 Å². The third kappa shape index (κ3) is 8.06. The minimum absolute atomic E-state index is 0.0717. The maximum absolute atomic E-state index is 13.3. The second-order valence-corrected chi connectivity index (χ2v) is 15.0. The largest absolute Gasteiger partial charge is 0.373 e. The summed E-state index contributed by atoms with van der Waals surface area (Å²) in [4.78, 5) is 44.8. The lowest BCUT2D eigenvalue weighted by Gasteiger charge is -2.28. The lowest BCUT2D eigenvalue weighted by atomic mass is 9.85. The summed E-state index contributed by atoms with van der Waals surface area (Å²) < 4.78 is 0. The van der Waals surface area contributed by atoms with Crippen molar-refractivity contribution in [2.75, 3.05) is 39.8 Å². The van der Waals surface area contributed by atoms with Crippen molar-refractivity contribution < 1.29 is 14.4 Å². The molecule has 0 spiro atoms. The van der Waals surface area contributed by atoms with Crippen LogP contribution in [0.5, 0.6) is 0 Å². The van der Waals surface area contributed by atoms with E-state index >= 15 is 0 Å². The number of aliphatic imine (C=N–C) groups is 1. The molecule has 4 N–H and O–H groups in total. The molecule has 5 aliphatic rings. The van der Waals surface area contributed by atoms with Gasteiger partial charge in [0.25, 0.3) is 0 Å². The molecule has 1 aliphatic carbocycles. The van der Waals surface area contributed by atoms with Gasteiger partial charge in [-0.3, -0.25) is 24.3 Å². The molecule has 12 heteroatoms. The Morgan fingerprint density at radius 2 is 1.58 bits per heavy atom. The maximum atomic E-state index is 13.3. The van der Waals surface area contributed by atoms with E-state index in [0.29, 0.717) is 48.4 Å². The maximum Gasteiger partial charge on any atom is 0.238 e. The fraction of sp³-hybridized carbons (Fsp3) is 0.366. The van der Waals surface area contributed by atoms with Crippen LogP contribution in [-0.4, -0.2) is 91.3 Å². The molecule has 0 bridgehead atoms. The number of amides is 3. The van der Waals surface area contributed by atoms with Crippen LogP contribution in [0.3, 0.4) is 0 Å². The molecule has 10 nitrogen and oxygen atoms in total. The van der Waals surface area contributed by atoms with E-state index in [0.717, 1.165) is 53.8 Å². The number of hydrogen-bond donors (Lipinski definition) is 4. The number of nitrogens with zero attached hydrogens (tertiary/aromatic N) is 3. The molecule has 3 amide bonds. The van der Waals surface area contributed by atoms with Crippen molar-refractivity contribution >= 4 is 58.4 Å². The molecule has 4 heterocycles. The molecule has 5 atom stereocenters. The third-order valence-electron chi connectivity index (χ3n) is 10.7. The van der Waals surface area contributed by atoms with Crippen LogP contribution in [0.25, 0.3) is 22.8 Å². The van der Waals surface area contributed by atoms with Gasteiger partial charge in [0, 0.05) is 93.2 Å². The molecule has 3 unspecified atom stereocenters. The summed E-state index contributed by atoms with van der Waals surface area (Å²) in [7, 11) is 2.10. The Morgan fingerprint density at radius 3 is 2.28 bits per heavy atom. The first-order valence-corrected chi connectivity index (χ1v) is 19.0. The number of carbonyl (C=O) groups is 3. The summed E-state index contributed by atoms with van der Waals surface area (Å²) >= 11 is 14.2. The average molecular weight is 755 g/mol. The highest BCUT2D eigenvalue weighted by molar-refractivity contribution is 6.38. The first-order chi connectivity index (χ1) is 25.7. The van der Waals surface area contributed by atoms with Crippen molar-refractivity contribution in [2.24, 2.45) is 16.8 Å². The van der Waals surface area contributed by atoms with Gasteiger partial charge in [0.05, 0.1) is 28.5 Å². The fourth-order valence-corrected chi connectivity index (χ4v) is 8.42. The van der Waals surface area contributed by atoms with E-state index in [1.54, 1.807) is 6.08 Å². The van der Waals surface area contributed by atoms with E-state index in [1.165, 1.54) is 16.7 Å². The molecule has 2 aromatic rings. The number of likely N-dealkylation sites (N-methyl/N-ethyl adjacent to an activating group) is 1. The highest BCUT2D eigenvalue weighted by Gasteiger charge is 2.33. The van der Waals surface area contributed by atoms with E-state index < -0.39 is 0 Å². The van der Waals surface area contributed by atoms with Gasteiger partial charge in [0.2, 0.25) is 17.7 Å². The zero-order chi connectivity index (χ0) is 37.1. The Kier molecular flexibility index (Phi) is 11.3. The van der Waals surface area contributed by atoms with Crippen LogP contribution in [0.15, 0.2) is 90.2 Å². The van der Waals surface area contributed by atoms with Gasteiger partial charge in [0.1, 0.15) is 5.84 Å². The molecular formula is C41H45Cl2N7O3. The van der Waals surface area contributed by atoms with Gasteiger partial charge in [-0.25, -0.2) is 0 Å². The number of rotatable bonds is 13. The average Bonchev–Trinajstić information content (AvgIpc) is 3.86. The van der Waals surface area contributed by atoms with Crippen LogP contribution in [0.1, 0.15) is 36.8 Å². The molecule has 2 fully saturated rings. The van der Waals surface area contributed by atoms with Gasteiger partial charge in [-0.15, -0.1) is 0 Å². The summed E-state index contributed by atoms with van der Waals surface area (Å²) in [5, 5.41) is 14.0. The topological polar surface area (TPSA) is 118 Å². The number of carbonyl (C=O) groups excluding carboxylic acids is 3.